The molecule has 0 aromatic heterocycles. The Morgan fingerprint density at radius 1 is 0.744 bits per heavy atom. The van der Waals surface area contributed by atoms with Gasteiger partial charge < -0.3 is 4.43 Å². The fraction of sp³-hybridized carbons (Fsp3) is 0.459. The summed E-state index contributed by atoms with van der Waals surface area (Å²) < 4.78 is 7.30. The van der Waals surface area contributed by atoms with Crippen molar-refractivity contribution in [2.45, 2.75) is 92.5 Å². The Labute approximate surface area is 240 Å². The van der Waals surface area contributed by atoms with Gasteiger partial charge in [-0.1, -0.05) is 143 Å². The van der Waals surface area contributed by atoms with Crippen LogP contribution in [0, 0.1) is 10.8 Å². The van der Waals surface area contributed by atoms with Crippen molar-refractivity contribution >= 4 is 18.7 Å². The lowest BCUT2D eigenvalue weighted by Crippen LogP contribution is -2.66. The Hall–Kier alpha value is -2.42. The molecule has 0 fully saturated rings. The van der Waals surface area contributed by atoms with E-state index in [4.69, 9.17) is 4.43 Å². The first-order chi connectivity index (χ1) is 18.4. The highest BCUT2D eigenvalue weighted by molar-refractivity contribution is 6.99. The van der Waals surface area contributed by atoms with Crippen LogP contribution in [0.5, 0.6) is 0 Å². The Morgan fingerprint density at radius 2 is 1.26 bits per heavy atom. The average Bonchev–Trinajstić information content (AvgIpc) is 2.89. The first-order valence-electron chi connectivity index (χ1n) is 14.8. The Kier molecular flexibility index (Phi) is 10.6. The van der Waals surface area contributed by atoms with E-state index in [0.29, 0.717) is 0 Å². The first kappa shape index (κ1) is 31.1. The van der Waals surface area contributed by atoms with Gasteiger partial charge in [-0.15, -0.1) is 0 Å². The molecule has 0 N–H and O–H groups in total. The molecule has 0 radical (unpaired) electrons. The topological polar surface area (TPSA) is 9.23 Å². The monoisotopic (exact) mass is 540 g/mol. The zero-order valence-electron chi connectivity index (χ0n) is 25.9. The van der Waals surface area contributed by atoms with Crippen molar-refractivity contribution in [3.05, 3.63) is 108 Å². The lowest BCUT2D eigenvalue weighted by molar-refractivity contribution is 0.122. The SMILES string of the molecule is CC(C)=CCC/C(C)=C/CC[C@@]1(C)C=CC=C[C@]1(C)CCO[Si](c1ccccc1)(c1ccccc1)C(C)(C)C. The molecule has 0 spiro atoms. The van der Waals surface area contributed by atoms with Gasteiger partial charge in [0.2, 0.25) is 0 Å². The minimum atomic E-state index is -2.53. The quantitative estimate of drug-likeness (QED) is 0.192. The fourth-order valence-electron chi connectivity index (χ4n) is 6.14. The molecule has 0 amide bonds. The molecule has 1 aliphatic rings. The Balaban J connectivity index is 1.81. The third-order valence-electron chi connectivity index (χ3n) is 8.95. The van der Waals surface area contributed by atoms with E-state index in [1.54, 1.807) is 0 Å². The number of rotatable bonds is 12. The zero-order chi connectivity index (χ0) is 28.6. The smallest absolute Gasteiger partial charge is 0.261 e. The average molecular weight is 541 g/mol. The van der Waals surface area contributed by atoms with E-state index in [-0.39, 0.29) is 15.9 Å². The van der Waals surface area contributed by atoms with Gasteiger partial charge in [0.25, 0.3) is 8.32 Å². The summed E-state index contributed by atoms with van der Waals surface area (Å²) in [6.45, 7) is 19.4. The third-order valence-corrected chi connectivity index (χ3v) is 14.0. The van der Waals surface area contributed by atoms with Gasteiger partial charge in [0, 0.05) is 6.61 Å². The highest BCUT2D eigenvalue weighted by atomic mass is 28.4. The van der Waals surface area contributed by atoms with Crippen LogP contribution >= 0.6 is 0 Å². The zero-order valence-corrected chi connectivity index (χ0v) is 26.9. The highest BCUT2D eigenvalue weighted by Gasteiger charge is 2.50. The second-order valence-corrected chi connectivity index (χ2v) is 17.5. The van der Waals surface area contributed by atoms with E-state index in [1.165, 1.54) is 21.5 Å². The summed E-state index contributed by atoms with van der Waals surface area (Å²) in [5.74, 6) is 0. The van der Waals surface area contributed by atoms with Crippen molar-refractivity contribution in [1.82, 2.24) is 0 Å². The van der Waals surface area contributed by atoms with Crippen LogP contribution in [0.2, 0.25) is 5.04 Å². The summed E-state index contributed by atoms with van der Waals surface area (Å²) in [7, 11) is -2.53. The number of hydrogen-bond acceptors (Lipinski definition) is 1. The first-order valence-corrected chi connectivity index (χ1v) is 16.8. The van der Waals surface area contributed by atoms with E-state index < -0.39 is 8.32 Å². The lowest BCUT2D eigenvalue weighted by Gasteiger charge is -2.47. The maximum Gasteiger partial charge on any atom is 0.261 e. The molecule has 0 bridgehead atoms. The predicted octanol–water partition coefficient (Wildman–Crippen LogP) is 9.56. The van der Waals surface area contributed by atoms with Gasteiger partial charge in [-0.2, -0.15) is 0 Å². The molecule has 2 heteroatoms. The fourth-order valence-corrected chi connectivity index (χ4v) is 10.7. The molecule has 2 atom stereocenters. The van der Waals surface area contributed by atoms with Crippen molar-refractivity contribution in [1.29, 1.82) is 0 Å². The molecule has 210 valence electrons. The maximum absolute atomic E-state index is 7.30. The van der Waals surface area contributed by atoms with Crippen LogP contribution in [-0.4, -0.2) is 14.9 Å². The molecule has 3 rings (SSSR count). The van der Waals surface area contributed by atoms with Gasteiger partial charge in [0.05, 0.1) is 0 Å². The molecule has 2 aromatic carbocycles. The Morgan fingerprint density at radius 3 is 1.74 bits per heavy atom. The second-order valence-electron chi connectivity index (χ2n) is 13.2. The van der Waals surface area contributed by atoms with Gasteiger partial charge in [0.15, 0.2) is 0 Å². The largest absolute Gasteiger partial charge is 0.407 e. The van der Waals surface area contributed by atoms with Crippen molar-refractivity contribution in [3.8, 4) is 0 Å². The van der Waals surface area contributed by atoms with Gasteiger partial charge in [-0.05, 0) is 79.1 Å². The summed E-state index contributed by atoms with van der Waals surface area (Å²) in [5, 5.41) is 2.70. The standard InChI is InChI=1S/C37H52OSi/c1-31(2)19-17-20-32(3)21-18-28-36(7)26-15-16-27-37(36,8)29-30-38-39(35(4,5)6,33-22-11-9-12-23-33)34-24-13-10-14-25-34/h9-16,19,21-27H,17-18,20,28-30H2,1-8H3/b32-21+/t36-,37-/m1/s1. The van der Waals surface area contributed by atoms with Crippen molar-refractivity contribution in [2.24, 2.45) is 10.8 Å². The molecule has 39 heavy (non-hydrogen) atoms. The van der Waals surface area contributed by atoms with Crippen LogP contribution in [0.3, 0.4) is 0 Å². The van der Waals surface area contributed by atoms with E-state index in [1.807, 2.05) is 0 Å². The van der Waals surface area contributed by atoms with Gasteiger partial charge >= 0.3 is 0 Å². The summed E-state index contributed by atoms with van der Waals surface area (Å²) in [6.07, 6.45) is 19.7. The molecular weight excluding hydrogens is 488 g/mol. The molecule has 2 aromatic rings. The summed E-state index contributed by atoms with van der Waals surface area (Å²) >= 11 is 0. The normalized spacial score (nSPS) is 21.7. The predicted molar refractivity (Wildman–Crippen MR) is 174 cm³/mol. The lowest BCUT2D eigenvalue weighted by atomic mass is 9.60. The summed E-state index contributed by atoms with van der Waals surface area (Å²) in [5.41, 5.74) is 3.04. The van der Waals surface area contributed by atoms with Crippen LogP contribution < -0.4 is 10.4 Å². The number of hydrogen-bond donors (Lipinski definition) is 0. The molecule has 1 nitrogen and oxygen atoms in total. The molecule has 0 unspecified atom stereocenters. The third kappa shape index (κ3) is 7.41. The highest BCUT2D eigenvalue weighted by Crippen LogP contribution is 2.50. The van der Waals surface area contributed by atoms with Crippen LogP contribution in [0.15, 0.2) is 108 Å². The van der Waals surface area contributed by atoms with Gasteiger partial charge in [-0.25, -0.2) is 0 Å². The van der Waals surface area contributed by atoms with Crippen molar-refractivity contribution < 1.29 is 4.43 Å². The van der Waals surface area contributed by atoms with Crippen LogP contribution in [0.25, 0.3) is 0 Å². The van der Waals surface area contributed by atoms with Crippen LogP contribution in [0.4, 0.5) is 0 Å². The molecule has 1 aliphatic carbocycles. The molecule has 0 saturated carbocycles. The maximum atomic E-state index is 7.30. The molecule has 0 aliphatic heterocycles. The van der Waals surface area contributed by atoms with E-state index in [9.17, 15) is 0 Å². The number of allylic oxidation sites excluding steroid dienone is 8. The minimum absolute atomic E-state index is 0.00392. The number of benzene rings is 2. The minimum Gasteiger partial charge on any atom is -0.407 e. The summed E-state index contributed by atoms with van der Waals surface area (Å²) in [6, 6.07) is 22.0. The van der Waals surface area contributed by atoms with E-state index >= 15 is 0 Å². The van der Waals surface area contributed by atoms with E-state index in [2.05, 4.69) is 153 Å². The van der Waals surface area contributed by atoms with E-state index in [0.717, 1.165) is 38.7 Å². The Bertz CT molecular complexity index is 1120. The van der Waals surface area contributed by atoms with Gasteiger partial charge in [-0.3, -0.25) is 0 Å². The van der Waals surface area contributed by atoms with Crippen molar-refractivity contribution in [2.75, 3.05) is 6.61 Å². The van der Waals surface area contributed by atoms with Crippen LogP contribution in [0.1, 0.15) is 87.5 Å². The molecule has 0 saturated heterocycles. The molecular formula is C37H52OSi. The van der Waals surface area contributed by atoms with Crippen LogP contribution in [-0.2, 0) is 4.43 Å². The van der Waals surface area contributed by atoms with Gasteiger partial charge in [0.1, 0.15) is 0 Å². The summed E-state index contributed by atoms with van der Waals surface area (Å²) in [4.78, 5) is 0. The van der Waals surface area contributed by atoms with Crippen molar-refractivity contribution in [3.63, 3.8) is 0 Å². The molecule has 0 heterocycles. The second kappa shape index (κ2) is 13.3.